The summed E-state index contributed by atoms with van der Waals surface area (Å²) in [7, 11) is 0. The standard InChI is InChI=1S/C21H32N6O/c1-3-17(14-28)23-20-25-19(22-15(2)16-10-6-4-7-11-16)26-21(27-20)24-18-12-8-5-9-13-18/h4,6-7,10-11,15,17-18,28H,3,5,8-9,12-14H2,1-2H3,(H3,22,23,24,25,26,27)/t15?,17-/m1/s1. The van der Waals surface area contributed by atoms with E-state index in [1.54, 1.807) is 0 Å². The van der Waals surface area contributed by atoms with Crippen molar-refractivity contribution in [3.05, 3.63) is 35.9 Å². The van der Waals surface area contributed by atoms with Gasteiger partial charge in [0.1, 0.15) is 0 Å². The Morgan fingerprint density at radius 2 is 1.61 bits per heavy atom. The SMILES string of the molecule is CC[C@H](CO)Nc1nc(NC2CCCCC2)nc(NC(C)c2ccccc2)n1. The number of aliphatic hydroxyl groups is 1. The van der Waals surface area contributed by atoms with Gasteiger partial charge in [0.15, 0.2) is 0 Å². The van der Waals surface area contributed by atoms with Gasteiger partial charge in [0, 0.05) is 6.04 Å². The predicted molar refractivity (Wildman–Crippen MR) is 114 cm³/mol. The van der Waals surface area contributed by atoms with Crippen LogP contribution < -0.4 is 16.0 Å². The molecule has 1 aromatic heterocycles. The largest absolute Gasteiger partial charge is 0.394 e. The monoisotopic (exact) mass is 384 g/mol. The molecule has 0 bridgehead atoms. The lowest BCUT2D eigenvalue weighted by molar-refractivity contribution is 0.271. The fraction of sp³-hybridized carbons (Fsp3) is 0.571. The molecular formula is C21H32N6O. The van der Waals surface area contributed by atoms with Gasteiger partial charge in [-0.15, -0.1) is 0 Å². The molecule has 0 aliphatic heterocycles. The Kier molecular flexibility index (Phi) is 7.42. The summed E-state index contributed by atoms with van der Waals surface area (Å²) in [6.07, 6.45) is 6.87. The average molecular weight is 385 g/mol. The summed E-state index contributed by atoms with van der Waals surface area (Å²) in [4.78, 5) is 13.7. The molecule has 2 atom stereocenters. The van der Waals surface area contributed by atoms with E-state index < -0.39 is 0 Å². The third-order valence-corrected chi connectivity index (χ3v) is 5.27. The lowest BCUT2D eigenvalue weighted by Gasteiger charge is -2.23. The van der Waals surface area contributed by atoms with Gasteiger partial charge < -0.3 is 21.1 Å². The Labute approximate surface area is 167 Å². The molecule has 28 heavy (non-hydrogen) atoms. The fourth-order valence-corrected chi connectivity index (χ4v) is 3.48. The van der Waals surface area contributed by atoms with Crippen molar-refractivity contribution in [1.29, 1.82) is 0 Å². The third kappa shape index (κ3) is 5.79. The molecule has 0 radical (unpaired) electrons. The molecule has 7 nitrogen and oxygen atoms in total. The number of hydrogen-bond donors (Lipinski definition) is 4. The zero-order chi connectivity index (χ0) is 19.8. The highest BCUT2D eigenvalue weighted by Crippen LogP contribution is 2.22. The van der Waals surface area contributed by atoms with Crippen molar-refractivity contribution in [2.45, 2.75) is 70.5 Å². The maximum Gasteiger partial charge on any atom is 0.229 e. The van der Waals surface area contributed by atoms with Gasteiger partial charge in [0.25, 0.3) is 0 Å². The van der Waals surface area contributed by atoms with Crippen molar-refractivity contribution >= 4 is 17.8 Å². The van der Waals surface area contributed by atoms with Gasteiger partial charge in [-0.05, 0) is 31.7 Å². The quantitative estimate of drug-likeness (QED) is 0.519. The van der Waals surface area contributed by atoms with Crippen LogP contribution in [0.25, 0.3) is 0 Å². The molecule has 1 fully saturated rings. The van der Waals surface area contributed by atoms with Crippen molar-refractivity contribution in [2.24, 2.45) is 0 Å². The summed E-state index contributed by atoms with van der Waals surface area (Å²) in [5, 5.41) is 19.6. The van der Waals surface area contributed by atoms with Gasteiger partial charge in [-0.25, -0.2) is 0 Å². The summed E-state index contributed by atoms with van der Waals surface area (Å²) in [5.74, 6) is 1.59. The minimum absolute atomic E-state index is 0.0384. The molecule has 2 aromatic rings. The second-order valence-corrected chi connectivity index (χ2v) is 7.49. The fourth-order valence-electron chi connectivity index (χ4n) is 3.48. The van der Waals surface area contributed by atoms with Gasteiger partial charge in [-0.1, -0.05) is 56.5 Å². The van der Waals surface area contributed by atoms with Gasteiger partial charge in [0.05, 0.1) is 18.7 Å². The first-order valence-corrected chi connectivity index (χ1v) is 10.4. The summed E-state index contributed by atoms with van der Waals surface area (Å²) < 4.78 is 0. The minimum Gasteiger partial charge on any atom is -0.394 e. The van der Waals surface area contributed by atoms with Crippen molar-refractivity contribution in [1.82, 2.24) is 15.0 Å². The molecule has 1 unspecified atom stereocenters. The number of aromatic nitrogens is 3. The molecule has 1 heterocycles. The molecular weight excluding hydrogens is 352 g/mol. The van der Waals surface area contributed by atoms with Crippen LogP contribution in [0.4, 0.5) is 17.8 Å². The zero-order valence-electron chi connectivity index (χ0n) is 16.9. The zero-order valence-corrected chi connectivity index (χ0v) is 16.9. The van der Waals surface area contributed by atoms with Gasteiger partial charge in [-0.3, -0.25) is 0 Å². The highest BCUT2D eigenvalue weighted by molar-refractivity contribution is 5.44. The third-order valence-electron chi connectivity index (χ3n) is 5.27. The maximum absolute atomic E-state index is 9.52. The van der Waals surface area contributed by atoms with E-state index in [1.165, 1.54) is 24.8 Å². The summed E-state index contributed by atoms with van der Waals surface area (Å²) in [6, 6.07) is 10.6. The molecule has 1 aliphatic rings. The highest BCUT2D eigenvalue weighted by Gasteiger charge is 2.17. The van der Waals surface area contributed by atoms with Crippen molar-refractivity contribution in [3.63, 3.8) is 0 Å². The van der Waals surface area contributed by atoms with E-state index in [-0.39, 0.29) is 18.7 Å². The van der Waals surface area contributed by atoms with Crippen LogP contribution in [0.5, 0.6) is 0 Å². The Morgan fingerprint density at radius 1 is 0.964 bits per heavy atom. The number of nitrogens with zero attached hydrogens (tertiary/aromatic N) is 3. The molecule has 7 heteroatoms. The van der Waals surface area contributed by atoms with Crippen LogP contribution in [-0.2, 0) is 0 Å². The van der Waals surface area contributed by atoms with Crippen LogP contribution in [0.15, 0.2) is 30.3 Å². The lowest BCUT2D eigenvalue weighted by Crippen LogP contribution is -2.27. The number of nitrogens with one attached hydrogen (secondary N) is 3. The summed E-state index contributed by atoms with van der Waals surface area (Å²) in [6.45, 7) is 4.15. The van der Waals surface area contributed by atoms with Crippen LogP contribution in [0, 0.1) is 0 Å². The molecule has 1 aliphatic carbocycles. The van der Waals surface area contributed by atoms with E-state index in [0.717, 1.165) is 19.3 Å². The highest BCUT2D eigenvalue weighted by atomic mass is 16.3. The molecule has 4 N–H and O–H groups in total. The second kappa shape index (κ2) is 10.2. The molecule has 0 spiro atoms. The van der Waals surface area contributed by atoms with E-state index in [1.807, 2.05) is 25.1 Å². The Hall–Kier alpha value is -2.41. The Morgan fingerprint density at radius 3 is 2.25 bits per heavy atom. The number of aliphatic hydroxyl groups excluding tert-OH is 1. The molecule has 152 valence electrons. The van der Waals surface area contributed by atoms with Crippen LogP contribution >= 0.6 is 0 Å². The number of rotatable bonds is 9. The van der Waals surface area contributed by atoms with Crippen LogP contribution in [-0.4, -0.2) is 38.7 Å². The minimum atomic E-state index is -0.0793. The number of benzene rings is 1. The first-order chi connectivity index (χ1) is 13.7. The second-order valence-electron chi connectivity index (χ2n) is 7.49. The van der Waals surface area contributed by atoms with Gasteiger partial charge in [-0.2, -0.15) is 15.0 Å². The molecule has 1 saturated carbocycles. The number of anilines is 3. The van der Waals surface area contributed by atoms with E-state index in [4.69, 9.17) is 0 Å². The topological polar surface area (TPSA) is 95.0 Å². The molecule has 0 saturated heterocycles. The van der Waals surface area contributed by atoms with Crippen molar-refractivity contribution in [3.8, 4) is 0 Å². The lowest BCUT2D eigenvalue weighted by atomic mass is 9.96. The van der Waals surface area contributed by atoms with Crippen molar-refractivity contribution in [2.75, 3.05) is 22.6 Å². The predicted octanol–water partition coefficient (Wildman–Crippen LogP) is 3.97. The van der Waals surface area contributed by atoms with Gasteiger partial charge in [0.2, 0.25) is 17.8 Å². The maximum atomic E-state index is 9.52. The van der Waals surface area contributed by atoms with Crippen LogP contribution in [0.2, 0.25) is 0 Å². The summed E-state index contributed by atoms with van der Waals surface area (Å²) >= 11 is 0. The normalized spacial score (nSPS) is 17.0. The van der Waals surface area contributed by atoms with Crippen molar-refractivity contribution < 1.29 is 5.11 Å². The van der Waals surface area contributed by atoms with E-state index in [0.29, 0.717) is 23.9 Å². The van der Waals surface area contributed by atoms with Crippen LogP contribution in [0.1, 0.15) is 64.0 Å². The first-order valence-electron chi connectivity index (χ1n) is 10.4. The smallest absolute Gasteiger partial charge is 0.229 e. The Balaban J connectivity index is 1.79. The van der Waals surface area contributed by atoms with Gasteiger partial charge >= 0.3 is 0 Å². The summed E-state index contributed by atoms with van der Waals surface area (Å²) in [5.41, 5.74) is 1.17. The molecule has 3 rings (SSSR count). The van der Waals surface area contributed by atoms with E-state index in [2.05, 4.69) is 50.0 Å². The Bertz CT molecular complexity index is 716. The molecule has 0 amide bonds. The number of hydrogen-bond acceptors (Lipinski definition) is 7. The molecule has 1 aromatic carbocycles. The first kappa shape index (κ1) is 20.3. The average Bonchev–Trinajstić information content (AvgIpc) is 2.73. The van der Waals surface area contributed by atoms with Crippen LogP contribution in [0.3, 0.4) is 0 Å². The van der Waals surface area contributed by atoms with E-state index >= 15 is 0 Å². The van der Waals surface area contributed by atoms with E-state index in [9.17, 15) is 5.11 Å².